The molecule has 1 rings (SSSR count). The standard InChI is InChI=1S/C11H17O4P/c1-3-9(2)15-16(13,14)11(12)10-7-5-4-6-8-10/h4-9,11-12H,3H2,1-2H3,(H,13,14). The van der Waals surface area contributed by atoms with Crippen molar-refractivity contribution in [1.29, 1.82) is 0 Å². The van der Waals surface area contributed by atoms with Crippen LogP contribution in [0, 0.1) is 0 Å². The second kappa shape index (κ2) is 5.60. The summed E-state index contributed by atoms with van der Waals surface area (Å²) >= 11 is 0. The van der Waals surface area contributed by atoms with Gasteiger partial charge in [0, 0.05) is 0 Å². The van der Waals surface area contributed by atoms with Crippen molar-refractivity contribution in [2.45, 2.75) is 32.2 Å². The second-order valence-corrected chi connectivity index (χ2v) is 5.50. The van der Waals surface area contributed by atoms with Crippen LogP contribution in [0.1, 0.15) is 31.7 Å². The van der Waals surface area contributed by atoms with Crippen molar-refractivity contribution < 1.29 is 19.1 Å². The summed E-state index contributed by atoms with van der Waals surface area (Å²) in [5.74, 6) is -1.48. The van der Waals surface area contributed by atoms with Gasteiger partial charge in [0.25, 0.3) is 0 Å². The van der Waals surface area contributed by atoms with Gasteiger partial charge in [0.2, 0.25) is 0 Å². The van der Waals surface area contributed by atoms with Crippen LogP contribution in [0.5, 0.6) is 0 Å². The highest BCUT2D eigenvalue weighted by Crippen LogP contribution is 2.55. The molecule has 3 atom stereocenters. The summed E-state index contributed by atoms with van der Waals surface area (Å²) in [6.07, 6.45) is 0.265. The van der Waals surface area contributed by atoms with E-state index in [1.54, 1.807) is 37.3 Å². The highest BCUT2D eigenvalue weighted by atomic mass is 31.2. The summed E-state index contributed by atoms with van der Waals surface area (Å²) < 4.78 is 16.7. The molecular weight excluding hydrogens is 227 g/mol. The van der Waals surface area contributed by atoms with Crippen LogP contribution in [-0.2, 0) is 9.09 Å². The second-order valence-electron chi connectivity index (χ2n) is 3.67. The van der Waals surface area contributed by atoms with E-state index in [9.17, 15) is 14.6 Å². The van der Waals surface area contributed by atoms with Gasteiger partial charge in [-0.1, -0.05) is 37.3 Å². The van der Waals surface area contributed by atoms with Crippen molar-refractivity contribution in [3.05, 3.63) is 35.9 Å². The highest BCUT2D eigenvalue weighted by molar-refractivity contribution is 7.53. The molecule has 0 fully saturated rings. The van der Waals surface area contributed by atoms with Crippen LogP contribution in [0.15, 0.2) is 30.3 Å². The third kappa shape index (κ3) is 3.42. The zero-order valence-corrected chi connectivity index (χ0v) is 10.3. The summed E-state index contributed by atoms with van der Waals surface area (Å²) in [5.41, 5.74) is 0.386. The predicted molar refractivity (Wildman–Crippen MR) is 62.1 cm³/mol. The van der Waals surface area contributed by atoms with Crippen molar-refractivity contribution in [2.24, 2.45) is 0 Å². The lowest BCUT2D eigenvalue weighted by atomic mass is 10.2. The molecule has 1 aromatic carbocycles. The van der Waals surface area contributed by atoms with Gasteiger partial charge < -0.3 is 14.5 Å². The molecular formula is C11H17O4P. The molecule has 16 heavy (non-hydrogen) atoms. The Bertz CT molecular complexity index is 366. The maximum atomic E-state index is 11.8. The first-order valence-corrected chi connectivity index (χ1v) is 6.86. The van der Waals surface area contributed by atoms with Gasteiger partial charge in [-0.25, -0.2) is 0 Å². The molecule has 0 aromatic heterocycles. The van der Waals surface area contributed by atoms with Gasteiger partial charge in [0.05, 0.1) is 6.10 Å². The molecule has 2 N–H and O–H groups in total. The molecule has 1 aromatic rings. The average molecular weight is 244 g/mol. The van der Waals surface area contributed by atoms with Crippen LogP contribution in [0.25, 0.3) is 0 Å². The third-order valence-electron chi connectivity index (χ3n) is 2.31. The van der Waals surface area contributed by atoms with E-state index in [0.717, 1.165) is 0 Å². The summed E-state index contributed by atoms with van der Waals surface area (Å²) in [5, 5.41) is 9.75. The van der Waals surface area contributed by atoms with E-state index in [4.69, 9.17) is 4.52 Å². The quantitative estimate of drug-likeness (QED) is 0.781. The Labute approximate surface area is 95.4 Å². The Morgan fingerprint density at radius 3 is 2.44 bits per heavy atom. The Morgan fingerprint density at radius 2 is 1.94 bits per heavy atom. The van der Waals surface area contributed by atoms with Crippen molar-refractivity contribution >= 4 is 7.60 Å². The van der Waals surface area contributed by atoms with Crippen molar-refractivity contribution in [2.75, 3.05) is 0 Å². The van der Waals surface area contributed by atoms with Crippen molar-refractivity contribution in [3.63, 3.8) is 0 Å². The minimum Gasteiger partial charge on any atom is -0.376 e. The lowest BCUT2D eigenvalue weighted by molar-refractivity contribution is 0.137. The first-order chi connectivity index (χ1) is 7.47. The van der Waals surface area contributed by atoms with Gasteiger partial charge in [-0.2, -0.15) is 0 Å². The van der Waals surface area contributed by atoms with E-state index in [2.05, 4.69) is 0 Å². The summed E-state index contributed by atoms with van der Waals surface area (Å²) in [6, 6.07) is 8.35. The van der Waals surface area contributed by atoms with Gasteiger partial charge in [-0.05, 0) is 18.9 Å². The molecule has 0 aliphatic carbocycles. The minimum atomic E-state index is -4.02. The minimum absolute atomic E-state index is 0.353. The first-order valence-electron chi connectivity index (χ1n) is 5.21. The largest absolute Gasteiger partial charge is 0.376 e. The number of hydrogen-bond acceptors (Lipinski definition) is 3. The lowest BCUT2D eigenvalue weighted by Gasteiger charge is -2.21. The Balaban J connectivity index is 2.80. The molecule has 3 unspecified atom stereocenters. The lowest BCUT2D eigenvalue weighted by Crippen LogP contribution is -2.09. The zero-order chi connectivity index (χ0) is 12.2. The van der Waals surface area contributed by atoms with Gasteiger partial charge in [0.1, 0.15) is 0 Å². The average Bonchev–Trinajstić information content (AvgIpc) is 2.28. The fraction of sp³-hybridized carbons (Fsp3) is 0.455. The number of hydrogen-bond donors (Lipinski definition) is 2. The molecule has 0 aliphatic rings. The van der Waals surface area contributed by atoms with Gasteiger partial charge in [-0.3, -0.25) is 4.57 Å². The van der Waals surface area contributed by atoms with E-state index in [1.807, 2.05) is 6.92 Å². The molecule has 4 nitrogen and oxygen atoms in total. The Kier molecular flexibility index (Phi) is 4.69. The SMILES string of the molecule is CCC(C)OP(=O)(O)C(O)c1ccccc1. The van der Waals surface area contributed by atoms with Gasteiger partial charge >= 0.3 is 7.60 Å². The Morgan fingerprint density at radius 1 is 1.38 bits per heavy atom. The predicted octanol–water partition coefficient (Wildman–Crippen LogP) is 2.68. The normalized spacial score (nSPS) is 18.8. The van der Waals surface area contributed by atoms with E-state index in [0.29, 0.717) is 12.0 Å². The van der Waals surface area contributed by atoms with E-state index in [1.165, 1.54) is 0 Å². The Hall–Kier alpha value is -0.670. The van der Waals surface area contributed by atoms with Crippen LogP contribution in [0.4, 0.5) is 0 Å². The van der Waals surface area contributed by atoms with Crippen molar-refractivity contribution in [3.8, 4) is 0 Å². The molecule has 0 aliphatic heterocycles. The van der Waals surface area contributed by atoms with Crippen LogP contribution < -0.4 is 0 Å². The fourth-order valence-electron chi connectivity index (χ4n) is 1.20. The molecule has 0 bridgehead atoms. The third-order valence-corrected chi connectivity index (χ3v) is 3.89. The van der Waals surface area contributed by atoms with Gasteiger partial charge in [0.15, 0.2) is 5.85 Å². The van der Waals surface area contributed by atoms with E-state index < -0.39 is 13.4 Å². The first kappa shape index (κ1) is 13.4. The molecule has 0 saturated carbocycles. The number of aliphatic hydroxyl groups is 1. The molecule has 5 heteroatoms. The molecule has 90 valence electrons. The summed E-state index contributed by atoms with van der Waals surface area (Å²) in [4.78, 5) is 9.62. The number of aliphatic hydroxyl groups excluding tert-OH is 1. The smallest absolute Gasteiger partial charge is 0.361 e. The van der Waals surface area contributed by atoms with Crippen LogP contribution >= 0.6 is 7.60 Å². The molecule has 0 spiro atoms. The van der Waals surface area contributed by atoms with E-state index >= 15 is 0 Å². The number of benzene rings is 1. The maximum absolute atomic E-state index is 11.8. The molecule has 0 amide bonds. The monoisotopic (exact) mass is 244 g/mol. The fourth-order valence-corrected chi connectivity index (χ4v) is 2.53. The summed E-state index contributed by atoms with van der Waals surface area (Å²) in [7, 11) is -4.02. The maximum Gasteiger partial charge on any atom is 0.361 e. The number of rotatable bonds is 5. The molecule has 0 saturated heterocycles. The van der Waals surface area contributed by atoms with E-state index in [-0.39, 0.29) is 6.10 Å². The topological polar surface area (TPSA) is 66.8 Å². The van der Waals surface area contributed by atoms with Crippen LogP contribution in [-0.4, -0.2) is 16.1 Å². The molecule has 0 heterocycles. The van der Waals surface area contributed by atoms with Crippen molar-refractivity contribution in [1.82, 2.24) is 0 Å². The van der Waals surface area contributed by atoms with Crippen LogP contribution in [0.3, 0.4) is 0 Å². The van der Waals surface area contributed by atoms with Crippen LogP contribution in [0.2, 0.25) is 0 Å². The molecule has 0 radical (unpaired) electrons. The van der Waals surface area contributed by atoms with Gasteiger partial charge in [-0.15, -0.1) is 0 Å². The summed E-state index contributed by atoms with van der Waals surface area (Å²) in [6.45, 7) is 3.54. The zero-order valence-electron chi connectivity index (χ0n) is 9.41. The highest BCUT2D eigenvalue weighted by Gasteiger charge is 2.33.